The van der Waals surface area contributed by atoms with E-state index in [9.17, 15) is 14.4 Å². The summed E-state index contributed by atoms with van der Waals surface area (Å²) in [6.07, 6.45) is 0.416. The molecule has 31 heavy (non-hydrogen) atoms. The second kappa shape index (κ2) is 9.07. The molecule has 4 rings (SSSR count). The molecule has 2 atom stereocenters. The van der Waals surface area contributed by atoms with Gasteiger partial charge in [0.2, 0.25) is 11.8 Å². The van der Waals surface area contributed by atoms with Crippen LogP contribution in [-0.2, 0) is 22.6 Å². The number of ether oxygens (including phenoxy) is 1. The summed E-state index contributed by atoms with van der Waals surface area (Å²) in [5.74, 6) is 0.410. The van der Waals surface area contributed by atoms with Crippen molar-refractivity contribution < 1.29 is 19.1 Å². The van der Waals surface area contributed by atoms with Crippen LogP contribution in [0.1, 0.15) is 11.1 Å². The van der Waals surface area contributed by atoms with E-state index in [1.807, 2.05) is 54.6 Å². The van der Waals surface area contributed by atoms with E-state index in [1.54, 1.807) is 16.9 Å². The van der Waals surface area contributed by atoms with Gasteiger partial charge in [-0.05, 0) is 23.3 Å². The summed E-state index contributed by atoms with van der Waals surface area (Å²) in [6, 6.07) is 15.6. The van der Waals surface area contributed by atoms with Crippen molar-refractivity contribution in [2.24, 2.45) is 0 Å². The van der Waals surface area contributed by atoms with E-state index in [4.69, 9.17) is 4.74 Å². The van der Waals surface area contributed by atoms with Crippen LogP contribution in [0.4, 0.5) is 4.79 Å². The Morgan fingerprint density at radius 3 is 2.52 bits per heavy atom. The zero-order valence-corrected chi connectivity index (χ0v) is 17.4. The highest BCUT2D eigenvalue weighted by molar-refractivity contribution is 5.97. The van der Waals surface area contributed by atoms with Crippen LogP contribution in [0.2, 0.25) is 0 Å². The SMILES string of the molecule is COc1ccc(C[C@@H]2NC(=O)[C@H]3CN(C(=O)NCc4ccccc4)CCN3C2=O)cc1. The lowest BCUT2D eigenvalue weighted by Crippen LogP contribution is -2.70. The molecule has 0 spiro atoms. The number of rotatable bonds is 5. The molecule has 8 heteroatoms. The minimum Gasteiger partial charge on any atom is -0.497 e. The highest BCUT2D eigenvalue weighted by Gasteiger charge is 2.44. The number of carbonyl (C=O) groups is 3. The number of benzene rings is 2. The number of hydrogen-bond acceptors (Lipinski definition) is 4. The van der Waals surface area contributed by atoms with Crippen LogP contribution in [0.25, 0.3) is 0 Å². The number of piperazine rings is 2. The van der Waals surface area contributed by atoms with Crippen LogP contribution in [0.3, 0.4) is 0 Å². The molecule has 0 aromatic heterocycles. The molecule has 0 bridgehead atoms. The smallest absolute Gasteiger partial charge is 0.317 e. The molecule has 162 valence electrons. The summed E-state index contributed by atoms with van der Waals surface area (Å²) >= 11 is 0. The van der Waals surface area contributed by atoms with Crippen molar-refractivity contribution in [2.75, 3.05) is 26.7 Å². The summed E-state index contributed by atoms with van der Waals surface area (Å²) in [5, 5.41) is 5.72. The van der Waals surface area contributed by atoms with Crippen LogP contribution < -0.4 is 15.4 Å². The fourth-order valence-electron chi connectivity index (χ4n) is 4.01. The number of methoxy groups -OCH3 is 1. The van der Waals surface area contributed by atoms with Gasteiger partial charge in [0, 0.05) is 26.1 Å². The monoisotopic (exact) mass is 422 g/mol. The molecule has 2 aromatic rings. The van der Waals surface area contributed by atoms with Crippen LogP contribution in [0, 0.1) is 0 Å². The average molecular weight is 422 g/mol. The minimum absolute atomic E-state index is 0.107. The van der Waals surface area contributed by atoms with E-state index in [1.165, 1.54) is 0 Å². The molecule has 2 saturated heterocycles. The van der Waals surface area contributed by atoms with Crippen LogP contribution in [-0.4, -0.2) is 66.5 Å². The molecule has 0 saturated carbocycles. The number of nitrogens with one attached hydrogen (secondary N) is 2. The third-order valence-corrected chi connectivity index (χ3v) is 5.75. The molecule has 2 aromatic carbocycles. The zero-order valence-electron chi connectivity index (χ0n) is 17.4. The molecule has 0 aliphatic carbocycles. The van der Waals surface area contributed by atoms with Gasteiger partial charge >= 0.3 is 6.03 Å². The maximum absolute atomic E-state index is 13.0. The van der Waals surface area contributed by atoms with Crippen molar-refractivity contribution in [1.29, 1.82) is 0 Å². The van der Waals surface area contributed by atoms with Gasteiger partial charge in [0.05, 0.1) is 13.7 Å². The summed E-state index contributed by atoms with van der Waals surface area (Å²) in [5.41, 5.74) is 1.94. The molecular formula is C23H26N4O4. The fourth-order valence-corrected chi connectivity index (χ4v) is 4.01. The predicted octanol–water partition coefficient (Wildman–Crippen LogP) is 1.16. The maximum Gasteiger partial charge on any atom is 0.317 e. The second-order valence-electron chi connectivity index (χ2n) is 7.75. The Kier molecular flexibility index (Phi) is 6.06. The number of carbonyl (C=O) groups excluding carboxylic acids is 3. The zero-order chi connectivity index (χ0) is 21.8. The van der Waals surface area contributed by atoms with Crippen molar-refractivity contribution in [3.63, 3.8) is 0 Å². The van der Waals surface area contributed by atoms with Crippen molar-refractivity contribution in [1.82, 2.24) is 20.4 Å². The predicted molar refractivity (Wildman–Crippen MR) is 114 cm³/mol. The number of fused-ring (bicyclic) bond motifs is 1. The third-order valence-electron chi connectivity index (χ3n) is 5.75. The Morgan fingerprint density at radius 2 is 1.81 bits per heavy atom. The lowest BCUT2D eigenvalue weighted by atomic mass is 9.98. The first kappa shape index (κ1) is 20.7. The van der Waals surface area contributed by atoms with Gasteiger partial charge in [-0.1, -0.05) is 42.5 Å². The molecule has 2 N–H and O–H groups in total. The van der Waals surface area contributed by atoms with E-state index in [0.29, 0.717) is 26.1 Å². The van der Waals surface area contributed by atoms with Crippen LogP contribution in [0.15, 0.2) is 54.6 Å². The molecule has 0 unspecified atom stereocenters. The largest absolute Gasteiger partial charge is 0.497 e. The van der Waals surface area contributed by atoms with Crippen LogP contribution >= 0.6 is 0 Å². The van der Waals surface area contributed by atoms with Gasteiger partial charge in [0.1, 0.15) is 17.8 Å². The lowest BCUT2D eigenvalue weighted by molar-refractivity contribution is -0.152. The van der Waals surface area contributed by atoms with Gasteiger partial charge in [-0.25, -0.2) is 4.79 Å². The topological polar surface area (TPSA) is 91.0 Å². The second-order valence-corrected chi connectivity index (χ2v) is 7.75. The van der Waals surface area contributed by atoms with Gasteiger partial charge in [-0.3, -0.25) is 9.59 Å². The van der Waals surface area contributed by atoms with Crippen molar-refractivity contribution >= 4 is 17.8 Å². The molecule has 0 radical (unpaired) electrons. The molecule has 2 aliphatic heterocycles. The first-order chi connectivity index (χ1) is 15.0. The summed E-state index contributed by atoms with van der Waals surface area (Å²) < 4.78 is 5.16. The first-order valence-corrected chi connectivity index (χ1v) is 10.4. The standard InChI is InChI=1S/C23H26N4O4/c1-31-18-9-7-16(8-10-18)13-19-22(29)27-12-11-26(15-20(27)21(28)25-19)23(30)24-14-17-5-3-2-4-6-17/h2-10,19-20H,11-15H2,1H3,(H,24,30)(H,25,28)/t19-,20+/m0/s1. The fraction of sp³-hybridized carbons (Fsp3) is 0.348. The maximum atomic E-state index is 13.0. The van der Waals surface area contributed by atoms with Crippen molar-refractivity contribution in [3.05, 3.63) is 65.7 Å². The summed E-state index contributed by atoms with van der Waals surface area (Å²) in [6.45, 7) is 1.34. The number of hydrogen-bond donors (Lipinski definition) is 2. The third kappa shape index (κ3) is 4.63. The van der Waals surface area contributed by atoms with E-state index in [-0.39, 0.29) is 24.4 Å². The Labute approximate surface area is 181 Å². The Bertz CT molecular complexity index is 948. The number of urea groups is 1. The van der Waals surface area contributed by atoms with E-state index in [0.717, 1.165) is 16.9 Å². The van der Waals surface area contributed by atoms with Gasteiger partial charge < -0.3 is 25.2 Å². The summed E-state index contributed by atoms with van der Waals surface area (Å²) in [7, 11) is 1.60. The lowest BCUT2D eigenvalue weighted by Gasteiger charge is -2.45. The normalized spacial score (nSPS) is 20.7. The van der Waals surface area contributed by atoms with Crippen molar-refractivity contribution in [2.45, 2.75) is 25.0 Å². The van der Waals surface area contributed by atoms with Crippen molar-refractivity contribution in [3.8, 4) is 5.75 Å². The average Bonchev–Trinajstić information content (AvgIpc) is 2.81. The molecule has 2 fully saturated rings. The van der Waals surface area contributed by atoms with E-state index in [2.05, 4.69) is 10.6 Å². The highest BCUT2D eigenvalue weighted by atomic mass is 16.5. The van der Waals surface area contributed by atoms with Gasteiger partial charge in [-0.2, -0.15) is 0 Å². The van der Waals surface area contributed by atoms with Gasteiger partial charge in [0.15, 0.2) is 0 Å². The molecule has 8 nitrogen and oxygen atoms in total. The molecule has 4 amide bonds. The quantitative estimate of drug-likeness (QED) is 0.757. The summed E-state index contributed by atoms with van der Waals surface area (Å²) in [4.78, 5) is 41.5. The van der Waals surface area contributed by atoms with E-state index < -0.39 is 12.1 Å². The Hall–Kier alpha value is -3.55. The van der Waals surface area contributed by atoms with Crippen LogP contribution in [0.5, 0.6) is 5.75 Å². The molecule has 2 aliphatic rings. The minimum atomic E-state index is -0.657. The molecular weight excluding hydrogens is 396 g/mol. The highest BCUT2D eigenvalue weighted by Crippen LogP contribution is 2.20. The van der Waals surface area contributed by atoms with Gasteiger partial charge in [-0.15, -0.1) is 0 Å². The number of nitrogens with zero attached hydrogens (tertiary/aromatic N) is 2. The first-order valence-electron chi connectivity index (χ1n) is 10.4. The van der Waals surface area contributed by atoms with E-state index >= 15 is 0 Å². The van der Waals surface area contributed by atoms with Gasteiger partial charge in [0.25, 0.3) is 0 Å². The number of amides is 4. The Balaban J connectivity index is 1.35. The molecule has 2 heterocycles. The Morgan fingerprint density at radius 1 is 1.06 bits per heavy atom.